The van der Waals surface area contributed by atoms with Gasteiger partial charge in [0.15, 0.2) is 11.6 Å². The number of aromatic nitrogens is 3. The molecule has 2 aromatic carbocycles. The van der Waals surface area contributed by atoms with Crippen LogP contribution in [0.5, 0.6) is 11.6 Å². The summed E-state index contributed by atoms with van der Waals surface area (Å²) < 4.78 is 11.0. The van der Waals surface area contributed by atoms with Crippen LogP contribution in [0.4, 0.5) is 17.2 Å². The van der Waals surface area contributed by atoms with Gasteiger partial charge < -0.3 is 20.5 Å². The Morgan fingerprint density at radius 1 is 1.10 bits per heavy atom. The van der Waals surface area contributed by atoms with Gasteiger partial charge in [-0.25, -0.2) is 14.8 Å². The second-order valence-electron chi connectivity index (χ2n) is 6.75. The smallest absolute Gasteiger partial charge is 0.338 e. The lowest BCUT2D eigenvalue weighted by Gasteiger charge is -2.13. The number of fused-ring (bicyclic) bond motifs is 1. The lowest BCUT2D eigenvalue weighted by molar-refractivity contribution is 0.0526. The van der Waals surface area contributed by atoms with Gasteiger partial charge in [-0.2, -0.15) is 4.98 Å². The molecular weight excluding hydrogens is 394 g/mol. The maximum absolute atomic E-state index is 12.0. The Morgan fingerprint density at radius 2 is 1.94 bits per heavy atom. The Bertz CT molecular complexity index is 1260. The molecule has 0 aliphatic heterocycles. The topological polar surface area (TPSA) is 112 Å². The van der Waals surface area contributed by atoms with Crippen LogP contribution in [-0.4, -0.2) is 27.5 Å². The average molecular weight is 415 g/mol. The van der Waals surface area contributed by atoms with Gasteiger partial charge in [0, 0.05) is 16.8 Å². The number of pyridine rings is 1. The number of ether oxygens (including phenoxy) is 2. The summed E-state index contributed by atoms with van der Waals surface area (Å²) in [6.45, 7) is 3.98. The molecule has 0 spiro atoms. The summed E-state index contributed by atoms with van der Waals surface area (Å²) in [5.41, 5.74) is 9.15. The Morgan fingerprint density at radius 3 is 2.77 bits per heavy atom. The first-order chi connectivity index (χ1) is 15.0. The van der Waals surface area contributed by atoms with Crippen LogP contribution in [0, 0.1) is 6.92 Å². The van der Waals surface area contributed by atoms with Gasteiger partial charge in [-0.1, -0.05) is 24.3 Å². The van der Waals surface area contributed by atoms with E-state index in [1.54, 1.807) is 31.2 Å². The summed E-state index contributed by atoms with van der Waals surface area (Å²) in [5, 5.41) is 4.05. The minimum absolute atomic E-state index is 0.204. The summed E-state index contributed by atoms with van der Waals surface area (Å²) in [4.78, 5) is 24.9. The van der Waals surface area contributed by atoms with Crippen LogP contribution in [0.25, 0.3) is 10.9 Å². The highest BCUT2D eigenvalue weighted by atomic mass is 16.5. The number of anilines is 3. The number of nitrogen functional groups attached to an aromatic ring is 1. The predicted octanol–water partition coefficient (Wildman–Crippen LogP) is 4.63. The van der Waals surface area contributed by atoms with Gasteiger partial charge in [-0.3, -0.25) is 0 Å². The molecule has 4 aromatic rings. The third-order valence-electron chi connectivity index (χ3n) is 4.51. The van der Waals surface area contributed by atoms with Gasteiger partial charge in [0.2, 0.25) is 5.88 Å². The SMILES string of the molecule is CCOC(=O)c1cccc(Nc2ncnc(Oc3cccc4ccc(C)nc34)c2N)c1. The van der Waals surface area contributed by atoms with Crippen LogP contribution in [0.3, 0.4) is 0 Å². The van der Waals surface area contributed by atoms with Gasteiger partial charge in [-0.15, -0.1) is 0 Å². The van der Waals surface area contributed by atoms with E-state index >= 15 is 0 Å². The van der Waals surface area contributed by atoms with Gasteiger partial charge >= 0.3 is 5.97 Å². The standard InChI is InChI=1S/C23H21N5O3/c1-3-30-23(29)16-7-4-8-17(12-16)28-21-19(24)22(26-13-25-21)31-18-9-5-6-15-11-10-14(2)27-20(15)18/h4-13H,3,24H2,1-2H3,(H,25,26,28). The molecule has 0 saturated carbocycles. The van der Waals surface area contributed by atoms with Crippen LogP contribution < -0.4 is 15.8 Å². The minimum atomic E-state index is -0.399. The number of para-hydroxylation sites is 1. The second kappa shape index (κ2) is 8.66. The van der Waals surface area contributed by atoms with Crippen LogP contribution in [0.1, 0.15) is 23.0 Å². The summed E-state index contributed by atoms with van der Waals surface area (Å²) >= 11 is 0. The summed E-state index contributed by atoms with van der Waals surface area (Å²) in [5.74, 6) is 0.705. The van der Waals surface area contributed by atoms with E-state index in [1.807, 2.05) is 37.3 Å². The maximum Gasteiger partial charge on any atom is 0.338 e. The van der Waals surface area contributed by atoms with Crippen molar-refractivity contribution in [1.82, 2.24) is 15.0 Å². The first-order valence-corrected chi connectivity index (χ1v) is 9.74. The molecule has 0 aliphatic rings. The van der Waals surface area contributed by atoms with Crippen molar-refractivity contribution in [3.8, 4) is 11.6 Å². The van der Waals surface area contributed by atoms with E-state index in [2.05, 4.69) is 20.3 Å². The second-order valence-corrected chi connectivity index (χ2v) is 6.75. The highest BCUT2D eigenvalue weighted by Crippen LogP contribution is 2.34. The number of nitrogens with two attached hydrogens (primary N) is 1. The Labute approximate surface area is 179 Å². The van der Waals surface area contributed by atoms with Crippen molar-refractivity contribution in [1.29, 1.82) is 0 Å². The molecule has 0 amide bonds. The van der Waals surface area contributed by atoms with Gasteiger partial charge in [0.05, 0.1) is 12.2 Å². The molecule has 8 heteroatoms. The fourth-order valence-electron chi connectivity index (χ4n) is 3.04. The van der Waals surface area contributed by atoms with Crippen molar-refractivity contribution >= 4 is 34.1 Å². The number of hydrogen-bond donors (Lipinski definition) is 2. The van der Waals surface area contributed by atoms with Crippen LogP contribution in [0.15, 0.2) is 60.9 Å². The molecule has 0 unspecified atom stereocenters. The average Bonchev–Trinajstić information content (AvgIpc) is 2.77. The number of benzene rings is 2. The molecule has 3 N–H and O–H groups in total. The van der Waals surface area contributed by atoms with Crippen molar-refractivity contribution < 1.29 is 14.3 Å². The number of aryl methyl sites for hydroxylation is 1. The molecule has 0 aliphatic carbocycles. The zero-order valence-corrected chi connectivity index (χ0v) is 17.1. The molecule has 0 fully saturated rings. The van der Waals surface area contributed by atoms with E-state index in [0.717, 1.165) is 16.6 Å². The van der Waals surface area contributed by atoms with Crippen molar-refractivity contribution in [3.63, 3.8) is 0 Å². The van der Waals surface area contributed by atoms with Gasteiger partial charge in [-0.05, 0) is 44.2 Å². The number of nitrogens with one attached hydrogen (secondary N) is 1. The Kier molecular flexibility index (Phi) is 5.61. The van der Waals surface area contributed by atoms with E-state index in [1.165, 1.54) is 6.33 Å². The molecule has 0 bridgehead atoms. The predicted molar refractivity (Wildman–Crippen MR) is 119 cm³/mol. The van der Waals surface area contributed by atoms with Crippen LogP contribution >= 0.6 is 0 Å². The summed E-state index contributed by atoms with van der Waals surface area (Å²) in [6, 6.07) is 16.5. The quantitative estimate of drug-likeness (QED) is 0.438. The Balaban J connectivity index is 1.62. The Hall–Kier alpha value is -4.20. The molecular formula is C23H21N5O3. The fourth-order valence-corrected chi connectivity index (χ4v) is 3.04. The van der Waals surface area contributed by atoms with Crippen molar-refractivity contribution in [2.45, 2.75) is 13.8 Å². The largest absolute Gasteiger partial charge is 0.462 e. The summed E-state index contributed by atoms with van der Waals surface area (Å²) in [7, 11) is 0. The normalized spacial score (nSPS) is 10.6. The molecule has 0 radical (unpaired) electrons. The molecule has 2 aromatic heterocycles. The van der Waals surface area contributed by atoms with Gasteiger partial charge in [0.25, 0.3) is 0 Å². The van der Waals surface area contributed by atoms with E-state index in [0.29, 0.717) is 29.4 Å². The molecule has 2 heterocycles. The summed E-state index contributed by atoms with van der Waals surface area (Å²) in [6.07, 6.45) is 1.35. The highest BCUT2D eigenvalue weighted by Gasteiger charge is 2.14. The van der Waals surface area contributed by atoms with E-state index in [4.69, 9.17) is 15.2 Å². The van der Waals surface area contributed by atoms with Crippen molar-refractivity contribution in [2.24, 2.45) is 0 Å². The van der Waals surface area contributed by atoms with Gasteiger partial charge in [0.1, 0.15) is 17.5 Å². The number of hydrogen-bond acceptors (Lipinski definition) is 8. The molecule has 156 valence electrons. The lowest BCUT2D eigenvalue weighted by atomic mass is 10.2. The number of rotatable bonds is 6. The van der Waals surface area contributed by atoms with E-state index in [9.17, 15) is 4.79 Å². The fraction of sp³-hybridized carbons (Fsp3) is 0.130. The minimum Gasteiger partial charge on any atom is -0.462 e. The lowest BCUT2D eigenvalue weighted by Crippen LogP contribution is -2.06. The van der Waals surface area contributed by atoms with E-state index in [-0.39, 0.29) is 11.6 Å². The third-order valence-corrected chi connectivity index (χ3v) is 4.51. The molecule has 4 rings (SSSR count). The zero-order valence-electron chi connectivity index (χ0n) is 17.1. The maximum atomic E-state index is 12.0. The molecule has 0 atom stereocenters. The first kappa shape index (κ1) is 20.1. The number of carbonyl (C=O) groups is 1. The number of nitrogens with zero attached hydrogens (tertiary/aromatic N) is 3. The van der Waals surface area contributed by atoms with Crippen molar-refractivity contribution in [3.05, 3.63) is 72.2 Å². The molecule has 31 heavy (non-hydrogen) atoms. The highest BCUT2D eigenvalue weighted by molar-refractivity contribution is 5.91. The van der Waals surface area contributed by atoms with Crippen LogP contribution in [-0.2, 0) is 4.74 Å². The monoisotopic (exact) mass is 415 g/mol. The third kappa shape index (κ3) is 4.37. The first-order valence-electron chi connectivity index (χ1n) is 9.74. The molecule has 0 saturated heterocycles. The molecule has 8 nitrogen and oxygen atoms in total. The van der Waals surface area contributed by atoms with Crippen molar-refractivity contribution in [2.75, 3.05) is 17.7 Å². The number of esters is 1. The zero-order chi connectivity index (χ0) is 21.8. The van der Waals surface area contributed by atoms with Crippen LogP contribution in [0.2, 0.25) is 0 Å². The number of carbonyl (C=O) groups excluding carboxylic acids is 1. The van der Waals surface area contributed by atoms with E-state index < -0.39 is 5.97 Å².